The number of carbonyl (C=O) groups excluding carboxylic acids is 2. The zero-order valence-electron chi connectivity index (χ0n) is 21.0. The molecule has 2 heterocycles. The quantitative estimate of drug-likeness (QED) is 0.252. The monoisotopic (exact) mass is 543 g/mol. The summed E-state index contributed by atoms with van der Waals surface area (Å²) < 4.78 is 5.24. The van der Waals surface area contributed by atoms with Gasteiger partial charge in [0.2, 0.25) is 5.91 Å². The smallest absolute Gasteiger partial charge is 0.315 e. The molecule has 0 unspecified atom stereocenters. The summed E-state index contributed by atoms with van der Waals surface area (Å²) in [6.07, 6.45) is 1.80. The molecule has 0 fully saturated rings. The zero-order valence-corrected chi connectivity index (χ0v) is 22.6. The Bertz CT molecular complexity index is 1100. The Labute approximate surface area is 225 Å². The summed E-state index contributed by atoms with van der Waals surface area (Å²) in [4.78, 5) is 42.2. The molecule has 1 aromatic carbocycles. The average Bonchev–Trinajstić information content (AvgIpc) is 3.59. The lowest BCUT2D eigenvalue weighted by atomic mass is 10.0. The van der Waals surface area contributed by atoms with Gasteiger partial charge in [-0.1, -0.05) is 44.0 Å². The standard InChI is InChI=1S/C27H33N3O5S2/c1-3-4-12-23(26(33)30(17-21-10-6-13-36-21)18-22-11-7-14-37-22)28-27(34)29-24(16-25(31)32)19-8-5-9-20(15-19)35-2/h5-11,13-15,23-24H,3-4,12,16-18H2,1-2H3,(H,31,32)(H2,28,29,34)/t23-,24-/m0/s1. The van der Waals surface area contributed by atoms with Crippen LogP contribution in [0.5, 0.6) is 5.75 Å². The van der Waals surface area contributed by atoms with Gasteiger partial charge >= 0.3 is 12.0 Å². The lowest BCUT2D eigenvalue weighted by Crippen LogP contribution is -2.51. The van der Waals surface area contributed by atoms with Crippen molar-refractivity contribution in [3.8, 4) is 5.75 Å². The minimum atomic E-state index is -1.05. The van der Waals surface area contributed by atoms with Crippen molar-refractivity contribution in [1.29, 1.82) is 0 Å². The summed E-state index contributed by atoms with van der Waals surface area (Å²) in [5.41, 5.74) is 0.602. The van der Waals surface area contributed by atoms with E-state index < -0.39 is 24.1 Å². The first-order valence-corrected chi connectivity index (χ1v) is 13.9. The molecule has 3 aromatic rings. The highest BCUT2D eigenvalue weighted by atomic mass is 32.1. The molecule has 0 aliphatic carbocycles. The number of carbonyl (C=O) groups is 3. The molecule has 10 heteroatoms. The molecule has 198 valence electrons. The number of nitrogens with zero attached hydrogens (tertiary/aromatic N) is 1. The highest BCUT2D eigenvalue weighted by Gasteiger charge is 2.28. The number of carboxylic acids is 1. The SMILES string of the molecule is CCCC[C@H](NC(=O)N[C@@H](CC(=O)O)c1cccc(OC)c1)C(=O)N(Cc1cccs1)Cc1cccs1. The van der Waals surface area contributed by atoms with Crippen LogP contribution in [0.25, 0.3) is 0 Å². The van der Waals surface area contributed by atoms with E-state index in [0.717, 1.165) is 22.6 Å². The molecule has 8 nitrogen and oxygen atoms in total. The number of amides is 3. The van der Waals surface area contributed by atoms with Crippen LogP contribution >= 0.6 is 22.7 Å². The second kappa shape index (κ2) is 14.4. The van der Waals surface area contributed by atoms with Gasteiger partial charge in [-0.2, -0.15) is 0 Å². The van der Waals surface area contributed by atoms with Crippen LogP contribution in [0.2, 0.25) is 0 Å². The fraction of sp³-hybridized carbons (Fsp3) is 0.370. The first-order chi connectivity index (χ1) is 17.9. The predicted molar refractivity (Wildman–Crippen MR) is 146 cm³/mol. The van der Waals surface area contributed by atoms with E-state index in [-0.39, 0.29) is 12.3 Å². The van der Waals surface area contributed by atoms with Crippen LogP contribution in [-0.4, -0.2) is 41.1 Å². The number of urea groups is 1. The Hall–Kier alpha value is -3.37. The van der Waals surface area contributed by atoms with E-state index >= 15 is 0 Å². The van der Waals surface area contributed by atoms with Gasteiger partial charge in [-0.25, -0.2) is 4.79 Å². The number of ether oxygens (including phenoxy) is 1. The predicted octanol–water partition coefficient (Wildman–Crippen LogP) is 5.42. The maximum absolute atomic E-state index is 13.7. The average molecular weight is 544 g/mol. The highest BCUT2D eigenvalue weighted by Crippen LogP contribution is 2.22. The van der Waals surface area contributed by atoms with Crippen LogP contribution in [0.3, 0.4) is 0 Å². The lowest BCUT2D eigenvalue weighted by Gasteiger charge is -2.28. The minimum absolute atomic E-state index is 0.165. The van der Waals surface area contributed by atoms with Gasteiger partial charge < -0.3 is 25.4 Å². The lowest BCUT2D eigenvalue weighted by molar-refractivity contribution is -0.137. The van der Waals surface area contributed by atoms with Crippen molar-refractivity contribution in [3.05, 3.63) is 74.6 Å². The van der Waals surface area contributed by atoms with Gasteiger partial charge in [0, 0.05) is 9.75 Å². The van der Waals surface area contributed by atoms with Gasteiger partial charge in [-0.05, 0) is 47.0 Å². The molecular weight excluding hydrogens is 510 g/mol. The molecule has 0 radical (unpaired) electrons. The van der Waals surface area contributed by atoms with Crippen molar-refractivity contribution in [2.45, 2.75) is 57.8 Å². The third-order valence-electron chi connectivity index (χ3n) is 5.80. The van der Waals surface area contributed by atoms with Crippen LogP contribution < -0.4 is 15.4 Å². The number of benzene rings is 1. The van der Waals surface area contributed by atoms with Crippen LogP contribution in [0, 0.1) is 0 Å². The van der Waals surface area contributed by atoms with E-state index in [1.807, 2.05) is 41.9 Å². The summed E-state index contributed by atoms with van der Waals surface area (Å²) in [7, 11) is 1.52. The highest BCUT2D eigenvalue weighted by molar-refractivity contribution is 7.10. The summed E-state index contributed by atoms with van der Waals surface area (Å²) in [6, 6.07) is 12.7. The third-order valence-corrected chi connectivity index (χ3v) is 7.52. The Balaban J connectivity index is 1.77. The maximum atomic E-state index is 13.7. The molecule has 0 saturated heterocycles. The van der Waals surface area contributed by atoms with E-state index in [0.29, 0.717) is 30.8 Å². The molecule has 37 heavy (non-hydrogen) atoms. The number of thiophene rings is 2. The first-order valence-electron chi connectivity index (χ1n) is 12.2. The van der Waals surface area contributed by atoms with Crippen molar-refractivity contribution in [3.63, 3.8) is 0 Å². The van der Waals surface area contributed by atoms with Crippen molar-refractivity contribution in [2.24, 2.45) is 0 Å². The Morgan fingerprint density at radius 2 is 1.68 bits per heavy atom. The van der Waals surface area contributed by atoms with Crippen LogP contribution in [-0.2, 0) is 22.7 Å². The third kappa shape index (κ3) is 8.91. The molecule has 3 amide bonds. The second-order valence-corrected chi connectivity index (χ2v) is 10.7. The summed E-state index contributed by atoms with van der Waals surface area (Å²) >= 11 is 3.17. The van der Waals surface area contributed by atoms with E-state index in [9.17, 15) is 19.5 Å². The second-order valence-electron chi connectivity index (χ2n) is 8.59. The van der Waals surface area contributed by atoms with E-state index in [1.165, 1.54) is 7.11 Å². The van der Waals surface area contributed by atoms with Gasteiger partial charge in [0.25, 0.3) is 0 Å². The van der Waals surface area contributed by atoms with Crippen molar-refractivity contribution in [1.82, 2.24) is 15.5 Å². The van der Waals surface area contributed by atoms with Gasteiger partial charge in [0.1, 0.15) is 11.8 Å². The fourth-order valence-electron chi connectivity index (χ4n) is 3.92. The molecule has 0 aliphatic rings. The van der Waals surface area contributed by atoms with E-state index in [1.54, 1.807) is 51.8 Å². The van der Waals surface area contributed by atoms with Gasteiger partial charge in [0.15, 0.2) is 0 Å². The van der Waals surface area contributed by atoms with Crippen molar-refractivity contribution in [2.75, 3.05) is 7.11 Å². The number of unbranched alkanes of at least 4 members (excludes halogenated alkanes) is 1. The Kier molecular flexibility index (Phi) is 11.0. The number of rotatable bonds is 14. The number of hydrogen-bond acceptors (Lipinski definition) is 6. The Morgan fingerprint density at radius 3 is 2.22 bits per heavy atom. The molecule has 0 aliphatic heterocycles. The molecule has 0 bridgehead atoms. The zero-order chi connectivity index (χ0) is 26.6. The topological polar surface area (TPSA) is 108 Å². The molecule has 3 rings (SSSR count). The molecule has 2 atom stereocenters. The number of hydrogen-bond donors (Lipinski definition) is 3. The molecule has 0 saturated carbocycles. The number of aliphatic carboxylic acids is 1. The number of carboxylic acid groups (broad SMARTS) is 1. The normalized spacial score (nSPS) is 12.4. The number of nitrogens with one attached hydrogen (secondary N) is 2. The van der Waals surface area contributed by atoms with E-state index in [4.69, 9.17) is 4.74 Å². The van der Waals surface area contributed by atoms with Crippen molar-refractivity contribution >= 4 is 40.6 Å². The van der Waals surface area contributed by atoms with Crippen LogP contribution in [0.15, 0.2) is 59.3 Å². The fourth-order valence-corrected chi connectivity index (χ4v) is 5.36. The van der Waals surface area contributed by atoms with Gasteiger partial charge in [0.05, 0.1) is 32.7 Å². The van der Waals surface area contributed by atoms with E-state index in [2.05, 4.69) is 10.6 Å². The maximum Gasteiger partial charge on any atom is 0.315 e. The number of methoxy groups -OCH3 is 1. The summed E-state index contributed by atoms with van der Waals surface area (Å²) in [6.45, 7) is 2.93. The largest absolute Gasteiger partial charge is 0.497 e. The molecule has 3 N–H and O–H groups in total. The van der Waals surface area contributed by atoms with Gasteiger partial charge in [-0.3, -0.25) is 9.59 Å². The summed E-state index contributed by atoms with van der Waals surface area (Å²) in [5.74, 6) is -0.657. The van der Waals surface area contributed by atoms with Crippen LogP contribution in [0.1, 0.15) is 54.0 Å². The van der Waals surface area contributed by atoms with Gasteiger partial charge in [-0.15, -0.1) is 22.7 Å². The van der Waals surface area contributed by atoms with Crippen molar-refractivity contribution < 1.29 is 24.2 Å². The first kappa shape index (κ1) is 28.2. The molecular formula is C27H33N3O5S2. The minimum Gasteiger partial charge on any atom is -0.497 e. The Morgan fingerprint density at radius 1 is 1.00 bits per heavy atom. The molecule has 2 aromatic heterocycles. The molecule has 0 spiro atoms. The summed E-state index contributed by atoms with van der Waals surface area (Å²) in [5, 5.41) is 19.0. The van der Waals surface area contributed by atoms with Crippen LogP contribution in [0.4, 0.5) is 4.79 Å².